The van der Waals surface area contributed by atoms with Crippen LogP contribution in [0.2, 0.25) is 11.6 Å². The lowest BCUT2D eigenvalue weighted by atomic mass is 10.1. The Morgan fingerprint density at radius 1 is 1.27 bits per heavy atom. The highest BCUT2D eigenvalue weighted by Crippen LogP contribution is 2.48. The lowest BCUT2D eigenvalue weighted by molar-refractivity contribution is 0.231. The SMILES string of the molecule is CCCCC(C)C[Si](OC)(OC)C1CC1. The van der Waals surface area contributed by atoms with Crippen molar-refractivity contribution in [3.05, 3.63) is 0 Å². The summed E-state index contributed by atoms with van der Waals surface area (Å²) >= 11 is 0. The van der Waals surface area contributed by atoms with Gasteiger partial charge in [0.15, 0.2) is 0 Å². The molecule has 0 aromatic rings. The fourth-order valence-corrected chi connectivity index (χ4v) is 6.14. The molecule has 1 aliphatic rings. The van der Waals surface area contributed by atoms with E-state index >= 15 is 0 Å². The summed E-state index contributed by atoms with van der Waals surface area (Å²) in [5, 5.41) is 0. The van der Waals surface area contributed by atoms with Crippen LogP contribution in [0.5, 0.6) is 0 Å². The summed E-state index contributed by atoms with van der Waals surface area (Å²) < 4.78 is 11.6. The van der Waals surface area contributed by atoms with E-state index < -0.39 is 8.56 Å². The van der Waals surface area contributed by atoms with Crippen molar-refractivity contribution in [3.63, 3.8) is 0 Å². The van der Waals surface area contributed by atoms with Gasteiger partial charge >= 0.3 is 8.56 Å². The number of hydrogen-bond donors (Lipinski definition) is 0. The molecule has 1 saturated carbocycles. The second-order valence-corrected chi connectivity index (χ2v) is 8.61. The maximum absolute atomic E-state index is 5.78. The second-order valence-electron chi connectivity index (χ2n) is 4.95. The zero-order valence-electron chi connectivity index (χ0n) is 10.7. The molecule has 0 spiro atoms. The third kappa shape index (κ3) is 3.57. The van der Waals surface area contributed by atoms with Crippen LogP contribution in [0, 0.1) is 5.92 Å². The minimum absolute atomic E-state index is 0.761. The lowest BCUT2D eigenvalue weighted by Gasteiger charge is -2.30. The molecule has 90 valence electrons. The average Bonchev–Trinajstić information content (AvgIpc) is 3.07. The Hall–Kier alpha value is 0.137. The molecule has 1 unspecified atom stereocenters. The highest BCUT2D eigenvalue weighted by atomic mass is 28.4. The normalized spacial score (nSPS) is 19.2. The van der Waals surface area contributed by atoms with Gasteiger partial charge in [-0.2, -0.15) is 0 Å². The molecule has 1 fully saturated rings. The highest BCUT2D eigenvalue weighted by Gasteiger charge is 2.50. The number of unbranched alkanes of at least 4 members (excludes halogenated alkanes) is 1. The van der Waals surface area contributed by atoms with E-state index in [-0.39, 0.29) is 0 Å². The summed E-state index contributed by atoms with van der Waals surface area (Å²) in [6.45, 7) is 4.60. The van der Waals surface area contributed by atoms with Gasteiger partial charge in [-0.1, -0.05) is 33.1 Å². The van der Waals surface area contributed by atoms with Crippen LogP contribution in [-0.2, 0) is 8.85 Å². The summed E-state index contributed by atoms with van der Waals surface area (Å²) in [6, 6.07) is 1.19. The maximum Gasteiger partial charge on any atom is 0.341 e. The molecule has 3 heteroatoms. The molecule has 0 saturated heterocycles. The first kappa shape index (κ1) is 13.2. The first-order valence-corrected chi connectivity index (χ1v) is 8.39. The summed E-state index contributed by atoms with van der Waals surface area (Å²) in [6.07, 6.45) is 6.61. The van der Waals surface area contributed by atoms with Crippen LogP contribution in [-0.4, -0.2) is 22.8 Å². The van der Waals surface area contributed by atoms with Gasteiger partial charge in [0.05, 0.1) is 0 Å². The Morgan fingerprint density at radius 3 is 2.27 bits per heavy atom. The molecule has 0 N–H and O–H groups in total. The van der Waals surface area contributed by atoms with Crippen LogP contribution in [0.25, 0.3) is 0 Å². The number of hydrogen-bond acceptors (Lipinski definition) is 2. The average molecular weight is 230 g/mol. The van der Waals surface area contributed by atoms with E-state index in [1.54, 1.807) is 0 Å². The quantitative estimate of drug-likeness (QED) is 0.592. The molecule has 0 bridgehead atoms. The second kappa shape index (κ2) is 6.02. The predicted octanol–water partition coefficient (Wildman–Crippen LogP) is 3.71. The first-order chi connectivity index (χ1) is 7.18. The van der Waals surface area contributed by atoms with Gasteiger partial charge in [-0.05, 0) is 24.8 Å². The molecule has 0 aliphatic heterocycles. The van der Waals surface area contributed by atoms with Crippen molar-refractivity contribution < 1.29 is 8.85 Å². The minimum atomic E-state index is -1.82. The van der Waals surface area contributed by atoms with Gasteiger partial charge in [0.2, 0.25) is 0 Å². The zero-order chi connectivity index (χ0) is 11.3. The van der Waals surface area contributed by atoms with Gasteiger partial charge in [-0.15, -0.1) is 0 Å². The Morgan fingerprint density at radius 2 is 1.87 bits per heavy atom. The van der Waals surface area contributed by atoms with Gasteiger partial charge in [0.1, 0.15) is 0 Å². The van der Waals surface area contributed by atoms with E-state index in [9.17, 15) is 0 Å². The van der Waals surface area contributed by atoms with Crippen molar-refractivity contribution >= 4 is 8.56 Å². The topological polar surface area (TPSA) is 18.5 Å². The molecule has 1 aliphatic carbocycles. The van der Waals surface area contributed by atoms with E-state index in [0.717, 1.165) is 11.5 Å². The summed E-state index contributed by atoms with van der Waals surface area (Å²) in [7, 11) is 1.87. The fraction of sp³-hybridized carbons (Fsp3) is 1.00. The van der Waals surface area contributed by atoms with E-state index in [1.165, 1.54) is 38.1 Å². The molecular formula is C12H26O2Si. The third-order valence-electron chi connectivity index (χ3n) is 3.57. The lowest BCUT2D eigenvalue weighted by Crippen LogP contribution is -2.42. The Balaban J connectivity index is 2.42. The van der Waals surface area contributed by atoms with E-state index in [2.05, 4.69) is 13.8 Å². The third-order valence-corrected chi connectivity index (χ3v) is 8.04. The molecule has 0 amide bonds. The fourth-order valence-electron chi connectivity index (χ4n) is 2.41. The summed E-state index contributed by atoms with van der Waals surface area (Å²) in [5.41, 5.74) is 0.775. The first-order valence-electron chi connectivity index (χ1n) is 6.28. The van der Waals surface area contributed by atoms with Gasteiger partial charge in [0, 0.05) is 19.8 Å². The molecule has 2 nitrogen and oxygen atoms in total. The molecule has 1 atom stereocenters. The van der Waals surface area contributed by atoms with Gasteiger partial charge in [-0.3, -0.25) is 0 Å². The van der Waals surface area contributed by atoms with Crippen molar-refractivity contribution in [2.45, 2.75) is 57.5 Å². The van der Waals surface area contributed by atoms with Crippen LogP contribution >= 0.6 is 0 Å². The molecule has 0 radical (unpaired) electrons. The van der Waals surface area contributed by atoms with Crippen molar-refractivity contribution in [3.8, 4) is 0 Å². The molecule has 0 aromatic carbocycles. The van der Waals surface area contributed by atoms with Crippen LogP contribution in [0.1, 0.15) is 46.0 Å². The van der Waals surface area contributed by atoms with Gasteiger partial charge < -0.3 is 8.85 Å². The van der Waals surface area contributed by atoms with E-state index in [0.29, 0.717) is 0 Å². The van der Waals surface area contributed by atoms with Crippen molar-refractivity contribution in [1.29, 1.82) is 0 Å². The highest BCUT2D eigenvalue weighted by molar-refractivity contribution is 6.69. The van der Waals surface area contributed by atoms with Crippen LogP contribution in [0.3, 0.4) is 0 Å². The van der Waals surface area contributed by atoms with Crippen LogP contribution in [0.4, 0.5) is 0 Å². The maximum atomic E-state index is 5.78. The monoisotopic (exact) mass is 230 g/mol. The Labute approximate surface area is 95.6 Å². The van der Waals surface area contributed by atoms with Crippen molar-refractivity contribution in [2.75, 3.05) is 14.2 Å². The van der Waals surface area contributed by atoms with E-state index in [1.807, 2.05) is 14.2 Å². The molecular weight excluding hydrogens is 204 g/mol. The zero-order valence-corrected chi connectivity index (χ0v) is 11.7. The Kier molecular flexibility index (Phi) is 5.30. The molecule has 15 heavy (non-hydrogen) atoms. The van der Waals surface area contributed by atoms with Crippen molar-refractivity contribution in [1.82, 2.24) is 0 Å². The van der Waals surface area contributed by atoms with Crippen LogP contribution in [0.15, 0.2) is 0 Å². The predicted molar refractivity (Wildman–Crippen MR) is 66.3 cm³/mol. The Bertz CT molecular complexity index is 176. The smallest absolute Gasteiger partial charge is 0.341 e. The largest absolute Gasteiger partial charge is 0.397 e. The van der Waals surface area contributed by atoms with E-state index in [4.69, 9.17) is 8.85 Å². The van der Waals surface area contributed by atoms with Crippen LogP contribution < -0.4 is 0 Å². The minimum Gasteiger partial charge on any atom is -0.397 e. The van der Waals surface area contributed by atoms with Gasteiger partial charge in [-0.25, -0.2) is 0 Å². The summed E-state index contributed by atoms with van der Waals surface area (Å²) in [4.78, 5) is 0. The molecule has 0 aromatic heterocycles. The van der Waals surface area contributed by atoms with Crippen molar-refractivity contribution in [2.24, 2.45) is 5.92 Å². The standard InChI is InChI=1S/C12H26O2Si/c1-5-6-7-11(2)10-15(13-3,14-4)12-8-9-12/h11-12H,5-10H2,1-4H3. The van der Waals surface area contributed by atoms with Gasteiger partial charge in [0.25, 0.3) is 0 Å². The number of rotatable bonds is 8. The summed E-state index contributed by atoms with van der Waals surface area (Å²) in [5.74, 6) is 0.761. The molecule has 0 heterocycles. The molecule has 1 rings (SSSR count).